The van der Waals surface area contributed by atoms with E-state index in [2.05, 4.69) is 65.6 Å². The fourth-order valence-corrected chi connectivity index (χ4v) is 5.14. The molecule has 0 spiro atoms. The monoisotopic (exact) mass is 349 g/mol. The molecule has 2 unspecified atom stereocenters. The van der Waals surface area contributed by atoms with Crippen molar-refractivity contribution in [3.63, 3.8) is 0 Å². The molecule has 2 bridgehead atoms. The van der Waals surface area contributed by atoms with Crippen LogP contribution in [0.25, 0.3) is 0 Å². The Kier molecular flexibility index (Phi) is 5.42. The van der Waals surface area contributed by atoms with E-state index in [0.717, 1.165) is 38.6 Å². The Morgan fingerprint density at radius 3 is 2.04 bits per heavy atom. The Balaban J connectivity index is 1.37. The van der Waals surface area contributed by atoms with E-state index in [4.69, 9.17) is 0 Å². The maximum Gasteiger partial charge on any atom is 0.0677 e. The zero-order valence-corrected chi connectivity index (χ0v) is 15.7. The zero-order valence-electron chi connectivity index (χ0n) is 15.7. The average molecular weight is 350 g/mol. The van der Waals surface area contributed by atoms with E-state index in [1.165, 1.54) is 30.4 Å². The summed E-state index contributed by atoms with van der Waals surface area (Å²) in [6.45, 7) is 1.04. The second kappa shape index (κ2) is 7.94. The molecule has 0 saturated carbocycles. The first-order valence-electron chi connectivity index (χ1n) is 10.3. The molecule has 2 heteroatoms. The standard InChI is InChI=1S/C24H31NO/c26-24(16-8-13-20-9-3-1-4-10-20)17-22-14-7-15-23(18-24)25(22)19-21-11-5-2-6-12-21/h1-6,9-12,22-23,26H,7-8,13-19H2. The van der Waals surface area contributed by atoms with Crippen LogP contribution in [-0.4, -0.2) is 27.7 Å². The fraction of sp³-hybridized carbons (Fsp3) is 0.500. The molecule has 2 aromatic carbocycles. The van der Waals surface area contributed by atoms with E-state index < -0.39 is 5.60 Å². The number of piperidine rings is 2. The van der Waals surface area contributed by atoms with Crippen molar-refractivity contribution in [1.29, 1.82) is 0 Å². The van der Waals surface area contributed by atoms with Gasteiger partial charge in [0.25, 0.3) is 0 Å². The van der Waals surface area contributed by atoms with Crippen LogP contribution >= 0.6 is 0 Å². The summed E-state index contributed by atoms with van der Waals surface area (Å²) in [5.74, 6) is 0. The zero-order chi connectivity index (χ0) is 17.8. The van der Waals surface area contributed by atoms with Crippen molar-refractivity contribution in [3.05, 3.63) is 71.8 Å². The lowest BCUT2D eigenvalue weighted by Gasteiger charge is -2.52. The van der Waals surface area contributed by atoms with Crippen LogP contribution in [0.5, 0.6) is 0 Å². The van der Waals surface area contributed by atoms with Crippen molar-refractivity contribution in [2.75, 3.05) is 0 Å². The van der Waals surface area contributed by atoms with Gasteiger partial charge in [0, 0.05) is 18.6 Å². The minimum absolute atomic E-state index is 0.461. The van der Waals surface area contributed by atoms with Gasteiger partial charge in [-0.2, -0.15) is 0 Å². The van der Waals surface area contributed by atoms with Crippen molar-refractivity contribution in [1.82, 2.24) is 4.90 Å². The summed E-state index contributed by atoms with van der Waals surface area (Å²) in [5, 5.41) is 11.3. The van der Waals surface area contributed by atoms with Crippen LogP contribution in [0, 0.1) is 0 Å². The largest absolute Gasteiger partial charge is 0.390 e. The van der Waals surface area contributed by atoms with Crippen molar-refractivity contribution < 1.29 is 5.11 Å². The first kappa shape index (κ1) is 17.8. The minimum Gasteiger partial charge on any atom is -0.390 e. The lowest BCUT2D eigenvalue weighted by molar-refractivity contribution is -0.0996. The normalized spacial score (nSPS) is 28.8. The molecule has 2 fully saturated rings. The highest BCUT2D eigenvalue weighted by molar-refractivity contribution is 5.16. The number of hydrogen-bond acceptors (Lipinski definition) is 2. The van der Waals surface area contributed by atoms with Gasteiger partial charge in [0.05, 0.1) is 5.60 Å². The minimum atomic E-state index is -0.461. The third-order valence-electron chi connectivity index (χ3n) is 6.40. The molecule has 2 aliphatic rings. The van der Waals surface area contributed by atoms with Crippen LogP contribution in [0.3, 0.4) is 0 Å². The van der Waals surface area contributed by atoms with E-state index in [0.29, 0.717) is 12.1 Å². The Hall–Kier alpha value is -1.64. The van der Waals surface area contributed by atoms with E-state index in [1.54, 1.807) is 0 Å². The second-order valence-electron chi connectivity index (χ2n) is 8.37. The summed E-state index contributed by atoms with van der Waals surface area (Å²) in [6, 6.07) is 22.6. The molecule has 2 nitrogen and oxygen atoms in total. The number of fused-ring (bicyclic) bond motifs is 2. The van der Waals surface area contributed by atoms with Gasteiger partial charge in [-0.1, -0.05) is 67.1 Å². The topological polar surface area (TPSA) is 23.5 Å². The number of aryl methyl sites for hydroxylation is 1. The van der Waals surface area contributed by atoms with E-state index >= 15 is 0 Å². The van der Waals surface area contributed by atoms with Crippen LogP contribution in [-0.2, 0) is 13.0 Å². The Bertz CT molecular complexity index is 670. The van der Waals surface area contributed by atoms with E-state index in [1.807, 2.05) is 0 Å². The first-order valence-corrected chi connectivity index (χ1v) is 10.3. The van der Waals surface area contributed by atoms with Crippen molar-refractivity contribution in [2.45, 2.75) is 75.6 Å². The molecule has 2 aromatic rings. The molecule has 0 amide bonds. The van der Waals surface area contributed by atoms with E-state index in [9.17, 15) is 5.11 Å². The molecule has 0 aliphatic carbocycles. The fourth-order valence-electron chi connectivity index (χ4n) is 5.14. The number of hydrogen-bond donors (Lipinski definition) is 1. The number of benzene rings is 2. The van der Waals surface area contributed by atoms with Crippen molar-refractivity contribution in [2.24, 2.45) is 0 Å². The second-order valence-corrected chi connectivity index (χ2v) is 8.37. The third kappa shape index (κ3) is 4.19. The highest BCUT2D eigenvalue weighted by atomic mass is 16.3. The van der Waals surface area contributed by atoms with Gasteiger partial charge in [-0.05, 0) is 56.1 Å². The molecular weight excluding hydrogens is 318 g/mol. The number of rotatable bonds is 6. The lowest BCUT2D eigenvalue weighted by atomic mass is 9.73. The predicted octanol–water partition coefficient (Wildman–Crippen LogP) is 4.96. The molecular formula is C24H31NO. The predicted molar refractivity (Wildman–Crippen MR) is 107 cm³/mol. The summed E-state index contributed by atoms with van der Waals surface area (Å²) in [5.41, 5.74) is 2.33. The quantitative estimate of drug-likeness (QED) is 0.797. The maximum absolute atomic E-state index is 11.3. The maximum atomic E-state index is 11.3. The van der Waals surface area contributed by atoms with Crippen LogP contribution in [0.4, 0.5) is 0 Å². The smallest absolute Gasteiger partial charge is 0.0677 e. The highest BCUT2D eigenvalue weighted by Crippen LogP contribution is 2.42. The molecule has 138 valence electrons. The summed E-state index contributed by atoms with van der Waals surface area (Å²) in [4.78, 5) is 2.69. The first-order chi connectivity index (χ1) is 12.7. The molecule has 26 heavy (non-hydrogen) atoms. The van der Waals surface area contributed by atoms with Gasteiger partial charge >= 0.3 is 0 Å². The summed E-state index contributed by atoms with van der Waals surface area (Å²) < 4.78 is 0. The Labute approximate surface area is 157 Å². The Morgan fingerprint density at radius 1 is 0.846 bits per heavy atom. The number of aliphatic hydroxyl groups is 1. The SMILES string of the molecule is OC1(CCCc2ccccc2)CC2CCCC(C1)N2Cc1ccccc1. The van der Waals surface area contributed by atoms with Crippen LogP contribution in [0.1, 0.15) is 56.1 Å². The van der Waals surface area contributed by atoms with Crippen molar-refractivity contribution in [3.8, 4) is 0 Å². The summed E-state index contributed by atoms with van der Waals surface area (Å²) in [6.07, 6.45) is 8.80. The molecule has 0 radical (unpaired) electrons. The van der Waals surface area contributed by atoms with Crippen LogP contribution in [0.2, 0.25) is 0 Å². The number of nitrogens with zero attached hydrogens (tertiary/aromatic N) is 1. The van der Waals surface area contributed by atoms with Gasteiger partial charge in [0.1, 0.15) is 0 Å². The van der Waals surface area contributed by atoms with Gasteiger partial charge in [-0.3, -0.25) is 4.90 Å². The molecule has 2 heterocycles. The molecule has 2 atom stereocenters. The molecule has 1 N–H and O–H groups in total. The van der Waals surface area contributed by atoms with E-state index in [-0.39, 0.29) is 0 Å². The van der Waals surface area contributed by atoms with Gasteiger partial charge in [0.2, 0.25) is 0 Å². The summed E-state index contributed by atoms with van der Waals surface area (Å²) >= 11 is 0. The lowest BCUT2D eigenvalue weighted by Crippen LogP contribution is -2.57. The van der Waals surface area contributed by atoms with Crippen molar-refractivity contribution >= 4 is 0 Å². The van der Waals surface area contributed by atoms with Gasteiger partial charge < -0.3 is 5.11 Å². The highest BCUT2D eigenvalue weighted by Gasteiger charge is 2.44. The average Bonchev–Trinajstić information content (AvgIpc) is 2.64. The van der Waals surface area contributed by atoms with Gasteiger partial charge in [0.15, 0.2) is 0 Å². The Morgan fingerprint density at radius 2 is 1.42 bits per heavy atom. The third-order valence-corrected chi connectivity index (χ3v) is 6.40. The van der Waals surface area contributed by atoms with Gasteiger partial charge in [-0.25, -0.2) is 0 Å². The molecule has 2 aliphatic heterocycles. The molecule has 0 aromatic heterocycles. The molecule has 4 rings (SSSR count). The molecule has 2 saturated heterocycles. The van der Waals surface area contributed by atoms with Crippen LogP contribution in [0.15, 0.2) is 60.7 Å². The summed E-state index contributed by atoms with van der Waals surface area (Å²) in [7, 11) is 0. The van der Waals surface area contributed by atoms with Crippen LogP contribution < -0.4 is 0 Å². The van der Waals surface area contributed by atoms with Gasteiger partial charge in [-0.15, -0.1) is 0 Å².